The number of nitrogens with one attached hydrogen (secondary N) is 2. The fourth-order valence-corrected chi connectivity index (χ4v) is 8.33. The summed E-state index contributed by atoms with van der Waals surface area (Å²) in [6.07, 6.45) is 5.11. The highest BCUT2D eigenvalue weighted by Gasteiger charge is 2.36. The molecule has 7 aromatic rings. The molecule has 0 heterocycles. The van der Waals surface area contributed by atoms with Gasteiger partial charge in [-0.05, 0) is 121 Å². The van der Waals surface area contributed by atoms with Gasteiger partial charge in [-0.2, -0.15) is 0 Å². The van der Waals surface area contributed by atoms with E-state index in [1.54, 1.807) is 37.4 Å². The molecule has 300 valence electrons. The van der Waals surface area contributed by atoms with Crippen LogP contribution in [0.3, 0.4) is 0 Å². The fraction of sp³-hybridized carbons (Fsp3) is 0.154. The maximum Gasteiger partial charge on any atom is 0.417 e. The second-order valence-electron chi connectivity index (χ2n) is 15.1. The second-order valence-corrected chi connectivity index (χ2v) is 15.1. The van der Waals surface area contributed by atoms with Crippen LogP contribution in [-0.2, 0) is 10.2 Å². The highest BCUT2D eigenvalue weighted by Crippen LogP contribution is 2.47. The normalized spacial score (nSPS) is 13.1. The first-order chi connectivity index (χ1) is 29.4. The first-order valence-electron chi connectivity index (χ1n) is 20.4. The average Bonchev–Trinajstić information content (AvgIpc) is 3.29. The third-order valence-corrected chi connectivity index (χ3v) is 11.1. The smallest absolute Gasteiger partial charge is 0.417 e. The molecule has 1 saturated carbocycles. The van der Waals surface area contributed by atoms with Gasteiger partial charge in [-0.1, -0.05) is 92.1 Å². The molecular weight excluding hydrogens is 745 g/mol. The lowest BCUT2D eigenvalue weighted by Crippen LogP contribution is -2.30. The van der Waals surface area contributed by atoms with Crippen molar-refractivity contribution < 1.29 is 19.1 Å². The van der Waals surface area contributed by atoms with E-state index in [1.165, 1.54) is 37.3 Å². The fourth-order valence-electron chi connectivity index (χ4n) is 8.33. The molecule has 0 unspecified atom stereocenters. The van der Waals surface area contributed by atoms with E-state index in [0.29, 0.717) is 17.1 Å². The minimum atomic E-state index is -0.617. The average molecular weight is 793 g/mol. The van der Waals surface area contributed by atoms with Gasteiger partial charge in [0.2, 0.25) is 5.91 Å². The molecule has 0 bridgehead atoms. The standard InChI is InChI=1S/C52H48N4O4/c1-38(57)53-41-26-28-42(29-27-41)54-51(58)60-50-21-13-19-48(37-50)56(44-16-8-4-9-17-44)46-32-24-40(25-33-46)52(34-10-5-11-35-52)39-22-30-45(31-23-39)55(43-14-6-3-7-15-43)47-18-12-20-49(36-47)59-2/h3-4,6-9,12-33,36-37H,5,10-11,34-35H2,1-2H3,(H,53,57)(H,54,58). The molecule has 8 nitrogen and oxygen atoms in total. The van der Waals surface area contributed by atoms with Crippen LogP contribution in [0.1, 0.15) is 50.2 Å². The number of benzene rings is 7. The second kappa shape index (κ2) is 18.1. The third-order valence-electron chi connectivity index (χ3n) is 11.1. The highest BCUT2D eigenvalue weighted by molar-refractivity contribution is 5.90. The van der Waals surface area contributed by atoms with Crippen molar-refractivity contribution in [3.05, 3.63) is 193 Å². The van der Waals surface area contributed by atoms with Crippen LogP contribution in [-0.4, -0.2) is 19.1 Å². The molecule has 0 aromatic heterocycles. The molecule has 1 fully saturated rings. The Balaban J connectivity index is 1.07. The van der Waals surface area contributed by atoms with Gasteiger partial charge in [0.15, 0.2) is 0 Å². The number of hydrogen-bond donors (Lipinski definition) is 2. The van der Waals surface area contributed by atoms with Crippen LogP contribution in [0.25, 0.3) is 0 Å². The summed E-state index contributed by atoms with van der Waals surface area (Å²) in [7, 11) is 1.70. The number of ether oxygens (including phenoxy) is 2. The number of amides is 2. The number of carbonyl (C=O) groups is 2. The Morgan fingerprint density at radius 2 is 0.917 bits per heavy atom. The molecule has 0 saturated heterocycles. The van der Waals surface area contributed by atoms with E-state index < -0.39 is 6.09 Å². The Hall–Kier alpha value is -7.32. The van der Waals surface area contributed by atoms with Crippen molar-refractivity contribution >= 4 is 57.5 Å². The predicted octanol–water partition coefficient (Wildman–Crippen LogP) is 13.5. The number of carbonyl (C=O) groups excluding carboxylic acids is 2. The quantitative estimate of drug-likeness (QED) is 0.128. The van der Waals surface area contributed by atoms with E-state index in [9.17, 15) is 9.59 Å². The highest BCUT2D eigenvalue weighted by atomic mass is 16.6. The van der Waals surface area contributed by atoms with Gasteiger partial charge >= 0.3 is 6.09 Å². The molecule has 60 heavy (non-hydrogen) atoms. The summed E-state index contributed by atoms with van der Waals surface area (Å²) in [6.45, 7) is 1.45. The number of methoxy groups -OCH3 is 1. The van der Waals surface area contributed by atoms with Crippen molar-refractivity contribution in [2.24, 2.45) is 0 Å². The Morgan fingerprint density at radius 1 is 0.483 bits per heavy atom. The summed E-state index contributed by atoms with van der Waals surface area (Å²) >= 11 is 0. The van der Waals surface area contributed by atoms with E-state index in [-0.39, 0.29) is 11.3 Å². The lowest BCUT2D eigenvalue weighted by Gasteiger charge is -2.39. The summed E-state index contributed by atoms with van der Waals surface area (Å²) in [5.74, 6) is 1.05. The summed E-state index contributed by atoms with van der Waals surface area (Å²) in [5, 5.41) is 5.49. The Labute approximate surface area is 352 Å². The first-order valence-corrected chi connectivity index (χ1v) is 20.4. The van der Waals surface area contributed by atoms with E-state index in [1.807, 2.05) is 54.6 Å². The van der Waals surface area contributed by atoms with Crippen LogP contribution in [0.15, 0.2) is 182 Å². The van der Waals surface area contributed by atoms with Crippen molar-refractivity contribution in [1.82, 2.24) is 0 Å². The number of hydrogen-bond acceptors (Lipinski definition) is 6. The Bertz CT molecular complexity index is 2520. The van der Waals surface area contributed by atoms with Crippen LogP contribution < -0.4 is 29.9 Å². The van der Waals surface area contributed by atoms with Gasteiger partial charge in [-0.3, -0.25) is 10.1 Å². The van der Waals surface area contributed by atoms with Gasteiger partial charge in [0.1, 0.15) is 11.5 Å². The van der Waals surface area contributed by atoms with Crippen LogP contribution in [0.2, 0.25) is 0 Å². The molecule has 1 aliphatic rings. The Morgan fingerprint density at radius 3 is 1.40 bits per heavy atom. The number of para-hydroxylation sites is 2. The summed E-state index contributed by atoms with van der Waals surface area (Å²) in [4.78, 5) is 28.8. The lowest BCUT2D eigenvalue weighted by molar-refractivity contribution is -0.114. The maximum absolute atomic E-state index is 13.0. The molecule has 0 atom stereocenters. The summed E-state index contributed by atoms with van der Waals surface area (Å²) in [6, 6.07) is 61.4. The number of nitrogens with zero attached hydrogens (tertiary/aromatic N) is 2. The minimum Gasteiger partial charge on any atom is -0.497 e. The number of rotatable bonds is 12. The van der Waals surface area contributed by atoms with E-state index >= 15 is 0 Å². The SMILES string of the molecule is COc1cccc(N(c2ccccc2)c2ccc(C3(c4ccc(N(c5ccccc5)c5cccc(OC(=O)Nc6ccc(NC(C)=O)cc6)c5)cc4)CCCCC3)cc2)c1. The predicted molar refractivity (Wildman–Crippen MR) is 243 cm³/mol. The zero-order chi connectivity index (χ0) is 41.3. The van der Waals surface area contributed by atoms with E-state index in [0.717, 1.165) is 52.7 Å². The van der Waals surface area contributed by atoms with Gasteiger partial charge in [0, 0.05) is 70.0 Å². The van der Waals surface area contributed by atoms with Gasteiger partial charge in [0.05, 0.1) is 7.11 Å². The molecule has 2 amide bonds. The molecule has 8 heteroatoms. The van der Waals surface area contributed by atoms with Gasteiger partial charge in [0.25, 0.3) is 0 Å². The third kappa shape index (κ3) is 8.88. The Kier molecular flexibility index (Phi) is 11.9. The first kappa shape index (κ1) is 39.5. The molecule has 0 spiro atoms. The van der Waals surface area contributed by atoms with Crippen molar-refractivity contribution in [3.63, 3.8) is 0 Å². The minimum absolute atomic E-state index is 0.119. The monoisotopic (exact) mass is 792 g/mol. The summed E-state index contributed by atoms with van der Waals surface area (Å²) in [5.41, 5.74) is 9.71. The van der Waals surface area contributed by atoms with Crippen molar-refractivity contribution in [2.75, 3.05) is 27.5 Å². The molecule has 0 radical (unpaired) electrons. The van der Waals surface area contributed by atoms with E-state index in [4.69, 9.17) is 9.47 Å². The van der Waals surface area contributed by atoms with Crippen LogP contribution in [0.5, 0.6) is 11.5 Å². The molecule has 2 N–H and O–H groups in total. The largest absolute Gasteiger partial charge is 0.497 e. The zero-order valence-electron chi connectivity index (χ0n) is 33.9. The molecule has 0 aliphatic heterocycles. The topological polar surface area (TPSA) is 83.1 Å². The molecular formula is C52H48N4O4. The zero-order valence-corrected chi connectivity index (χ0v) is 33.9. The van der Waals surface area contributed by atoms with Crippen LogP contribution in [0.4, 0.5) is 50.3 Å². The lowest BCUT2D eigenvalue weighted by atomic mass is 9.65. The van der Waals surface area contributed by atoms with Crippen molar-refractivity contribution in [2.45, 2.75) is 44.4 Å². The van der Waals surface area contributed by atoms with Gasteiger partial charge < -0.3 is 24.6 Å². The van der Waals surface area contributed by atoms with Crippen molar-refractivity contribution in [3.8, 4) is 11.5 Å². The maximum atomic E-state index is 13.0. The van der Waals surface area contributed by atoms with Crippen molar-refractivity contribution in [1.29, 1.82) is 0 Å². The van der Waals surface area contributed by atoms with E-state index in [2.05, 4.69) is 117 Å². The molecule has 1 aliphatic carbocycles. The molecule has 7 aromatic carbocycles. The van der Waals surface area contributed by atoms with Gasteiger partial charge in [-0.15, -0.1) is 0 Å². The number of anilines is 8. The van der Waals surface area contributed by atoms with Crippen LogP contribution in [0, 0.1) is 0 Å². The van der Waals surface area contributed by atoms with Gasteiger partial charge in [-0.25, -0.2) is 4.79 Å². The van der Waals surface area contributed by atoms with Crippen LogP contribution >= 0.6 is 0 Å². The molecule has 8 rings (SSSR count). The summed E-state index contributed by atoms with van der Waals surface area (Å²) < 4.78 is 11.4.